The number of ether oxygens (including phenoxy) is 1. The molecular weight excluding hydrogens is 428 g/mol. The summed E-state index contributed by atoms with van der Waals surface area (Å²) >= 11 is 5.77. The third-order valence-electron chi connectivity index (χ3n) is 10.8. The molecule has 0 aromatic heterocycles. The molecule has 188 valence electrons. The van der Waals surface area contributed by atoms with Crippen LogP contribution in [0.1, 0.15) is 112 Å². The van der Waals surface area contributed by atoms with Crippen molar-refractivity contribution < 1.29 is 9.53 Å². The highest BCUT2D eigenvalue weighted by Crippen LogP contribution is 2.67. The smallest absolute Gasteiger partial charge is 0.307 e. The van der Waals surface area contributed by atoms with Crippen LogP contribution >= 0.6 is 11.6 Å². The minimum atomic E-state index is -0.111. The molecule has 0 aromatic rings. The van der Waals surface area contributed by atoms with E-state index in [0.717, 1.165) is 54.8 Å². The van der Waals surface area contributed by atoms with Crippen LogP contribution in [0.15, 0.2) is 11.6 Å². The van der Waals surface area contributed by atoms with Gasteiger partial charge in [0.25, 0.3) is 0 Å². The Balaban J connectivity index is 1.46. The number of allylic oxidation sites excluding steroid dienone is 2. The summed E-state index contributed by atoms with van der Waals surface area (Å²) in [5, 5.41) is 0. The summed E-state index contributed by atoms with van der Waals surface area (Å²) in [4.78, 5) is 12.1. The maximum Gasteiger partial charge on any atom is 0.307 e. The molecule has 0 aromatic carbocycles. The number of halogens is 1. The van der Waals surface area contributed by atoms with Crippen LogP contribution in [0.25, 0.3) is 0 Å². The minimum absolute atomic E-state index is 0.0761. The Bertz CT molecular complexity index is 729. The van der Waals surface area contributed by atoms with Crippen molar-refractivity contribution in [1.82, 2.24) is 0 Å². The highest BCUT2D eigenvalue weighted by molar-refractivity contribution is 6.18. The second-order valence-corrected chi connectivity index (χ2v) is 13.5. The number of carbonyl (C=O) groups excluding carboxylic acids is 1. The fourth-order valence-electron chi connectivity index (χ4n) is 9.17. The third-order valence-corrected chi connectivity index (χ3v) is 11.0. The van der Waals surface area contributed by atoms with Crippen LogP contribution in [0.5, 0.6) is 0 Å². The normalized spacial score (nSPS) is 41.1. The Morgan fingerprint density at radius 3 is 2.64 bits per heavy atom. The first kappa shape index (κ1) is 25.6. The maximum absolute atomic E-state index is 12.1. The number of esters is 1. The average molecular weight is 477 g/mol. The van der Waals surface area contributed by atoms with Crippen LogP contribution in [0.4, 0.5) is 0 Å². The quantitative estimate of drug-likeness (QED) is 0.199. The van der Waals surface area contributed by atoms with E-state index < -0.39 is 0 Å². The molecule has 0 spiro atoms. The van der Waals surface area contributed by atoms with Crippen LogP contribution in [-0.4, -0.2) is 18.0 Å². The largest absolute Gasteiger partial charge is 0.462 e. The lowest BCUT2D eigenvalue weighted by molar-refractivity contribution is -0.153. The molecule has 4 rings (SSSR count). The van der Waals surface area contributed by atoms with Gasteiger partial charge in [-0.3, -0.25) is 4.79 Å². The Labute approximate surface area is 208 Å². The minimum Gasteiger partial charge on any atom is -0.462 e. The van der Waals surface area contributed by atoms with E-state index in [-0.39, 0.29) is 17.5 Å². The number of alkyl halides is 1. The predicted octanol–water partition coefficient (Wildman–Crippen LogP) is 8.57. The van der Waals surface area contributed by atoms with E-state index in [1.807, 2.05) is 0 Å². The lowest BCUT2D eigenvalue weighted by Gasteiger charge is -2.58. The standard InChI is InChI=1S/C30H49ClO2/c1-20(2)7-6-8-21(3)25-13-14-26-24-12-10-22-9-11-23(33-28(32)16-18-31)19-30(22,5)27(24)15-17-29(25,26)4/h10,20-21,23-27H,6-9,11-19H2,1-5H3/t21-,23-,24+,25-,26+,27+,29-,30+/m1/s1. The Kier molecular flexibility index (Phi) is 7.94. The van der Waals surface area contributed by atoms with E-state index in [2.05, 4.69) is 40.7 Å². The summed E-state index contributed by atoms with van der Waals surface area (Å²) < 4.78 is 5.88. The van der Waals surface area contributed by atoms with Gasteiger partial charge >= 0.3 is 5.97 Å². The summed E-state index contributed by atoms with van der Waals surface area (Å²) in [6.07, 6.45) is 17.3. The molecule has 4 aliphatic carbocycles. The second kappa shape index (κ2) is 10.2. The second-order valence-electron chi connectivity index (χ2n) is 13.1. The molecular formula is C30H49ClO2. The van der Waals surface area contributed by atoms with E-state index in [4.69, 9.17) is 16.3 Å². The summed E-state index contributed by atoms with van der Waals surface area (Å²) in [5.74, 6) is 5.31. The van der Waals surface area contributed by atoms with E-state index in [1.54, 1.807) is 5.57 Å². The molecule has 0 N–H and O–H groups in total. The molecule has 0 heterocycles. The molecule has 3 fully saturated rings. The van der Waals surface area contributed by atoms with Gasteiger partial charge in [0, 0.05) is 5.88 Å². The molecule has 2 nitrogen and oxygen atoms in total. The summed E-state index contributed by atoms with van der Waals surface area (Å²) in [6, 6.07) is 0. The molecule has 3 heteroatoms. The fourth-order valence-corrected chi connectivity index (χ4v) is 9.32. The van der Waals surface area contributed by atoms with E-state index in [1.165, 1.54) is 51.4 Å². The third kappa shape index (κ3) is 4.94. The molecule has 0 saturated heterocycles. The van der Waals surface area contributed by atoms with Crippen LogP contribution in [0.3, 0.4) is 0 Å². The van der Waals surface area contributed by atoms with Gasteiger partial charge in [0.2, 0.25) is 0 Å². The van der Waals surface area contributed by atoms with E-state index in [9.17, 15) is 4.79 Å². The molecule has 3 saturated carbocycles. The van der Waals surface area contributed by atoms with Crippen molar-refractivity contribution in [2.75, 3.05) is 5.88 Å². The Morgan fingerprint density at radius 2 is 1.91 bits per heavy atom. The van der Waals surface area contributed by atoms with Crippen LogP contribution in [0.2, 0.25) is 0 Å². The molecule has 0 aliphatic heterocycles. The zero-order valence-corrected chi connectivity index (χ0v) is 22.8. The predicted molar refractivity (Wildman–Crippen MR) is 138 cm³/mol. The van der Waals surface area contributed by atoms with Gasteiger partial charge in [0.15, 0.2) is 0 Å². The zero-order chi connectivity index (χ0) is 23.8. The van der Waals surface area contributed by atoms with Gasteiger partial charge in [0.05, 0.1) is 6.42 Å². The number of carbonyl (C=O) groups is 1. The van der Waals surface area contributed by atoms with Crippen molar-refractivity contribution in [3.63, 3.8) is 0 Å². The number of hydrogen-bond donors (Lipinski definition) is 0. The molecule has 0 unspecified atom stereocenters. The molecule has 4 aliphatic rings. The van der Waals surface area contributed by atoms with Crippen LogP contribution in [0, 0.1) is 46.3 Å². The van der Waals surface area contributed by atoms with Gasteiger partial charge in [-0.25, -0.2) is 0 Å². The first-order chi connectivity index (χ1) is 15.7. The average Bonchev–Trinajstić information content (AvgIpc) is 3.10. The highest BCUT2D eigenvalue weighted by atomic mass is 35.5. The van der Waals surface area contributed by atoms with Gasteiger partial charge in [0.1, 0.15) is 6.10 Å². The van der Waals surface area contributed by atoms with E-state index in [0.29, 0.717) is 17.7 Å². The van der Waals surface area contributed by atoms with Crippen molar-refractivity contribution in [3.05, 3.63) is 11.6 Å². The van der Waals surface area contributed by atoms with Gasteiger partial charge in [-0.05, 0) is 97.7 Å². The molecule has 0 bridgehead atoms. The first-order valence-electron chi connectivity index (χ1n) is 14.1. The van der Waals surface area contributed by atoms with Crippen molar-refractivity contribution in [3.8, 4) is 0 Å². The molecule has 0 amide bonds. The first-order valence-corrected chi connectivity index (χ1v) is 14.7. The number of rotatable bonds is 8. The monoisotopic (exact) mass is 476 g/mol. The lowest BCUT2D eigenvalue weighted by atomic mass is 9.47. The topological polar surface area (TPSA) is 26.3 Å². The van der Waals surface area contributed by atoms with Crippen LogP contribution in [-0.2, 0) is 9.53 Å². The van der Waals surface area contributed by atoms with Gasteiger partial charge in [-0.2, -0.15) is 0 Å². The maximum atomic E-state index is 12.1. The summed E-state index contributed by atoms with van der Waals surface area (Å²) in [5.41, 5.74) is 2.42. The van der Waals surface area contributed by atoms with Crippen molar-refractivity contribution in [1.29, 1.82) is 0 Å². The molecule has 33 heavy (non-hydrogen) atoms. The van der Waals surface area contributed by atoms with E-state index >= 15 is 0 Å². The van der Waals surface area contributed by atoms with Crippen molar-refractivity contribution in [2.24, 2.45) is 46.3 Å². The highest BCUT2D eigenvalue weighted by Gasteiger charge is 2.59. The number of fused-ring (bicyclic) bond motifs is 5. The molecule has 0 radical (unpaired) electrons. The fraction of sp³-hybridized carbons (Fsp3) is 0.900. The number of hydrogen-bond acceptors (Lipinski definition) is 2. The van der Waals surface area contributed by atoms with Gasteiger partial charge in [-0.15, -0.1) is 11.6 Å². The van der Waals surface area contributed by atoms with Crippen molar-refractivity contribution >= 4 is 17.6 Å². The lowest BCUT2D eigenvalue weighted by Crippen LogP contribution is -2.51. The molecule has 8 atom stereocenters. The van der Waals surface area contributed by atoms with Crippen molar-refractivity contribution in [2.45, 2.75) is 118 Å². The van der Waals surface area contributed by atoms with Gasteiger partial charge < -0.3 is 4.74 Å². The van der Waals surface area contributed by atoms with Crippen LogP contribution < -0.4 is 0 Å². The Morgan fingerprint density at radius 1 is 1.12 bits per heavy atom. The summed E-state index contributed by atoms with van der Waals surface area (Å²) in [7, 11) is 0. The van der Waals surface area contributed by atoms with Gasteiger partial charge in [-0.1, -0.05) is 65.5 Å². The SMILES string of the molecule is CC(C)CCC[C@@H](C)[C@H]1CC[C@H]2[C@@H]3CC=C4CC[C@@H](OC(=O)CCCl)C[C@]4(C)[C@H]3CC[C@]12C. The zero-order valence-electron chi connectivity index (χ0n) is 22.0. The summed E-state index contributed by atoms with van der Waals surface area (Å²) in [6.45, 7) is 12.5. The Hall–Kier alpha value is -0.500.